The molecule has 112 valence electrons. The summed E-state index contributed by atoms with van der Waals surface area (Å²) < 4.78 is 24.9. The second-order valence-corrected chi connectivity index (χ2v) is 7.36. The van der Waals surface area contributed by atoms with Crippen LogP contribution in [-0.2, 0) is 10.0 Å². The van der Waals surface area contributed by atoms with Crippen LogP contribution < -0.4 is 5.32 Å². The van der Waals surface area contributed by atoms with E-state index in [-0.39, 0.29) is 6.04 Å². The molecule has 0 saturated carbocycles. The minimum atomic E-state index is -3.08. The molecule has 0 aromatic carbocycles. The number of sulfonamides is 1. The zero-order valence-corrected chi connectivity index (χ0v) is 12.8. The summed E-state index contributed by atoms with van der Waals surface area (Å²) in [5, 5.41) is 11.0. The van der Waals surface area contributed by atoms with Crippen LogP contribution in [0, 0.1) is 5.92 Å². The molecule has 0 amide bonds. The summed E-state index contributed by atoms with van der Waals surface area (Å²) in [6.07, 6.45) is 7.65. The molecule has 1 aliphatic heterocycles. The lowest BCUT2D eigenvalue weighted by atomic mass is 9.90. The minimum absolute atomic E-state index is 0.190. The van der Waals surface area contributed by atoms with Gasteiger partial charge < -0.3 is 5.32 Å². The second kappa shape index (κ2) is 6.60. The molecule has 2 unspecified atom stereocenters. The lowest BCUT2D eigenvalue weighted by molar-refractivity contribution is 0.240. The van der Waals surface area contributed by atoms with E-state index < -0.39 is 10.0 Å². The Bertz CT molecular complexity index is 520. The monoisotopic (exact) mass is 298 g/mol. The van der Waals surface area contributed by atoms with Crippen molar-refractivity contribution >= 4 is 10.0 Å². The van der Waals surface area contributed by atoms with Crippen LogP contribution in [0.2, 0.25) is 0 Å². The van der Waals surface area contributed by atoms with Crippen molar-refractivity contribution in [1.82, 2.24) is 19.8 Å². The maximum absolute atomic E-state index is 11.6. The third-order valence-corrected chi connectivity index (χ3v) is 5.15. The number of nitrogens with zero attached hydrogens (tertiary/aromatic N) is 3. The van der Waals surface area contributed by atoms with Gasteiger partial charge in [-0.05, 0) is 43.9 Å². The van der Waals surface area contributed by atoms with Gasteiger partial charge in [0.05, 0.1) is 12.5 Å². The molecule has 2 atom stereocenters. The van der Waals surface area contributed by atoms with Gasteiger partial charge in [-0.1, -0.05) is 0 Å². The van der Waals surface area contributed by atoms with E-state index in [1.165, 1.54) is 6.26 Å². The van der Waals surface area contributed by atoms with Crippen molar-refractivity contribution in [2.45, 2.75) is 25.3 Å². The van der Waals surface area contributed by atoms with Gasteiger partial charge >= 0.3 is 0 Å². The first kappa shape index (κ1) is 15.3. The van der Waals surface area contributed by atoms with Crippen LogP contribution >= 0.6 is 0 Å². The Morgan fingerprint density at radius 3 is 2.90 bits per heavy atom. The molecular formula is C13H22N4O2S. The maximum Gasteiger partial charge on any atom is 0.211 e. The van der Waals surface area contributed by atoms with Gasteiger partial charge in [-0.25, -0.2) is 12.7 Å². The van der Waals surface area contributed by atoms with Crippen LogP contribution in [0.3, 0.4) is 0 Å². The molecule has 2 heterocycles. The SMILES string of the molecule is CNC(CC1CCCN(S(C)(=O)=O)C1)c1ccnnc1. The third-order valence-electron chi connectivity index (χ3n) is 3.88. The van der Waals surface area contributed by atoms with Crippen LogP contribution in [0.5, 0.6) is 0 Å². The quantitative estimate of drug-likeness (QED) is 0.870. The summed E-state index contributed by atoms with van der Waals surface area (Å²) >= 11 is 0. The lowest BCUT2D eigenvalue weighted by Gasteiger charge is -2.33. The fourth-order valence-electron chi connectivity index (χ4n) is 2.78. The first-order valence-electron chi connectivity index (χ1n) is 6.89. The van der Waals surface area contributed by atoms with Crippen LogP contribution in [0.4, 0.5) is 0 Å². The molecule has 0 radical (unpaired) electrons. The molecule has 1 aromatic heterocycles. The highest BCUT2D eigenvalue weighted by Crippen LogP contribution is 2.27. The molecule has 1 fully saturated rings. The molecule has 7 heteroatoms. The van der Waals surface area contributed by atoms with Crippen molar-refractivity contribution in [2.24, 2.45) is 5.92 Å². The van der Waals surface area contributed by atoms with E-state index >= 15 is 0 Å². The molecule has 2 rings (SSSR count). The highest BCUT2D eigenvalue weighted by molar-refractivity contribution is 7.88. The number of hydrogen-bond acceptors (Lipinski definition) is 5. The predicted octanol–water partition coefficient (Wildman–Crippen LogP) is 0.799. The number of rotatable bonds is 5. The van der Waals surface area contributed by atoms with Crippen molar-refractivity contribution < 1.29 is 8.42 Å². The Balaban J connectivity index is 2.01. The highest BCUT2D eigenvalue weighted by Gasteiger charge is 2.27. The number of aromatic nitrogens is 2. The third kappa shape index (κ3) is 3.97. The van der Waals surface area contributed by atoms with Crippen LogP contribution in [-0.4, -0.2) is 49.3 Å². The Hall–Kier alpha value is -1.05. The topological polar surface area (TPSA) is 75.2 Å². The molecule has 0 aliphatic carbocycles. The van der Waals surface area contributed by atoms with E-state index in [1.807, 2.05) is 13.1 Å². The van der Waals surface area contributed by atoms with Crippen LogP contribution in [0.1, 0.15) is 30.9 Å². The molecule has 6 nitrogen and oxygen atoms in total. The largest absolute Gasteiger partial charge is 0.313 e. The highest BCUT2D eigenvalue weighted by atomic mass is 32.2. The normalized spacial score (nSPS) is 22.6. The van der Waals surface area contributed by atoms with E-state index in [4.69, 9.17) is 0 Å². The first-order valence-corrected chi connectivity index (χ1v) is 8.74. The summed E-state index contributed by atoms with van der Waals surface area (Å²) in [5.41, 5.74) is 1.10. The zero-order chi connectivity index (χ0) is 14.6. The molecule has 1 aliphatic rings. The number of hydrogen-bond donors (Lipinski definition) is 1. The first-order chi connectivity index (χ1) is 9.50. The maximum atomic E-state index is 11.6. The summed E-state index contributed by atoms with van der Waals surface area (Å²) in [5.74, 6) is 0.379. The van der Waals surface area contributed by atoms with E-state index in [0.717, 1.165) is 24.8 Å². The van der Waals surface area contributed by atoms with Crippen LogP contribution in [0.15, 0.2) is 18.5 Å². The average molecular weight is 298 g/mol. The molecule has 20 heavy (non-hydrogen) atoms. The Kier molecular flexibility index (Phi) is 5.06. The van der Waals surface area contributed by atoms with Gasteiger partial charge in [0.15, 0.2) is 0 Å². The summed E-state index contributed by atoms with van der Waals surface area (Å²) in [6.45, 7) is 1.27. The van der Waals surface area contributed by atoms with Gasteiger partial charge in [0.2, 0.25) is 10.0 Å². The Labute approximate surface area is 120 Å². The molecule has 0 bridgehead atoms. The van der Waals surface area contributed by atoms with Gasteiger partial charge in [0, 0.05) is 25.3 Å². The summed E-state index contributed by atoms with van der Waals surface area (Å²) in [7, 11) is -1.16. The molecule has 0 spiro atoms. The van der Waals surface area contributed by atoms with E-state index in [0.29, 0.717) is 19.0 Å². The van der Waals surface area contributed by atoms with Crippen LogP contribution in [0.25, 0.3) is 0 Å². The summed E-state index contributed by atoms with van der Waals surface area (Å²) in [6, 6.07) is 2.14. The minimum Gasteiger partial charge on any atom is -0.313 e. The second-order valence-electron chi connectivity index (χ2n) is 5.38. The Morgan fingerprint density at radius 2 is 2.30 bits per heavy atom. The van der Waals surface area contributed by atoms with Gasteiger partial charge in [-0.3, -0.25) is 0 Å². The predicted molar refractivity (Wildman–Crippen MR) is 77.6 cm³/mol. The number of nitrogens with one attached hydrogen (secondary N) is 1. The fraction of sp³-hybridized carbons (Fsp3) is 0.692. The smallest absolute Gasteiger partial charge is 0.211 e. The van der Waals surface area contributed by atoms with Crippen molar-refractivity contribution in [3.63, 3.8) is 0 Å². The van der Waals surface area contributed by atoms with Gasteiger partial charge in [-0.2, -0.15) is 10.2 Å². The van der Waals surface area contributed by atoms with E-state index in [1.54, 1.807) is 16.7 Å². The Morgan fingerprint density at radius 1 is 1.50 bits per heavy atom. The zero-order valence-electron chi connectivity index (χ0n) is 12.0. The van der Waals surface area contributed by atoms with E-state index in [2.05, 4.69) is 15.5 Å². The number of piperidine rings is 1. The van der Waals surface area contributed by atoms with Gasteiger partial charge in [-0.15, -0.1) is 0 Å². The van der Waals surface area contributed by atoms with Crippen molar-refractivity contribution in [1.29, 1.82) is 0 Å². The molecule has 1 aromatic rings. The van der Waals surface area contributed by atoms with Gasteiger partial charge in [0.25, 0.3) is 0 Å². The molecule has 1 saturated heterocycles. The molecule has 1 N–H and O–H groups in total. The van der Waals surface area contributed by atoms with E-state index in [9.17, 15) is 8.42 Å². The molecular weight excluding hydrogens is 276 g/mol. The summed E-state index contributed by atoms with van der Waals surface area (Å²) in [4.78, 5) is 0. The average Bonchev–Trinajstić information content (AvgIpc) is 2.45. The van der Waals surface area contributed by atoms with Gasteiger partial charge in [0.1, 0.15) is 0 Å². The van der Waals surface area contributed by atoms with Crippen molar-refractivity contribution in [3.8, 4) is 0 Å². The standard InChI is InChI=1S/C13H22N4O2S/c1-14-13(12-5-6-15-16-9-12)8-11-4-3-7-17(10-11)20(2,18)19/h5-6,9,11,13-14H,3-4,7-8,10H2,1-2H3. The fourth-order valence-corrected chi connectivity index (χ4v) is 3.72. The van der Waals surface area contributed by atoms with Crippen molar-refractivity contribution in [3.05, 3.63) is 24.0 Å². The van der Waals surface area contributed by atoms with Crippen molar-refractivity contribution in [2.75, 3.05) is 26.4 Å². The lowest BCUT2D eigenvalue weighted by Crippen LogP contribution is -2.40.